The van der Waals surface area contributed by atoms with Crippen molar-refractivity contribution in [3.05, 3.63) is 47.8 Å². The van der Waals surface area contributed by atoms with Crippen molar-refractivity contribution in [3.63, 3.8) is 0 Å². The van der Waals surface area contributed by atoms with Gasteiger partial charge in [-0.2, -0.15) is 0 Å². The van der Waals surface area contributed by atoms with Gasteiger partial charge in [-0.15, -0.1) is 0 Å². The smallest absolute Gasteiger partial charge is 0.222 e. The van der Waals surface area contributed by atoms with Gasteiger partial charge in [0.1, 0.15) is 11.9 Å². The van der Waals surface area contributed by atoms with Crippen LogP contribution in [0.1, 0.15) is 24.0 Å². The largest absolute Gasteiger partial charge is 0.488 e. The van der Waals surface area contributed by atoms with Crippen LogP contribution >= 0.6 is 0 Å². The van der Waals surface area contributed by atoms with E-state index in [1.54, 1.807) is 0 Å². The van der Waals surface area contributed by atoms with Crippen molar-refractivity contribution in [2.75, 3.05) is 31.6 Å². The third-order valence-corrected chi connectivity index (χ3v) is 4.84. The second-order valence-corrected chi connectivity index (χ2v) is 7.18. The molecule has 2 aliphatic rings. The predicted molar refractivity (Wildman–Crippen MR) is 100 cm³/mol. The van der Waals surface area contributed by atoms with Crippen LogP contribution in [0.2, 0.25) is 0 Å². The minimum Gasteiger partial charge on any atom is -0.488 e. The van der Waals surface area contributed by atoms with Gasteiger partial charge in [0.2, 0.25) is 5.95 Å². The van der Waals surface area contributed by atoms with Gasteiger partial charge >= 0.3 is 0 Å². The molecule has 0 bridgehead atoms. The fourth-order valence-electron chi connectivity index (χ4n) is 3.40. The first-order valence-corrected chi connectivity index (χ1v) is 9.37. The number of ether oxygens (including phenoxy) is 2. The molecule has 1 atom stereocenters. The Morgan fingerprint density at radius 1 is 1.27 bits per heavy atom. The molecule has 2 fully saturated rings. The molecule has 26 heavy (non-hydrogen) atoms. The van der Waals surface area contributed by atoms with Crippen molar-refractivity contribution >= 4 is 5.95 Å². The lowest BCUT2D eigenvalue weighted by atomic mass is 10.1. The van der Waals surface area contributed by atoms with Gasteiger partial charge in [-0.05, 0) is 37.5 Å². The van der Waals surface area contributed by atoms with E-state index in [1.807, 2.05) is 24.5 Å². The minimum atomic E-state index is 0.269. The van der Waals surface area contributed by atoms with E-state index < -0.39 is 0 Å². The van der Waals surface area contributed by atoms with Gasteiger partial charge in [-0.3, -0.25) is 4.90 Å². The molecule has 0 amide bonds. The summed E-state index contributed by atoms with van der Waals surface area (Å²) in [5, 5.41) is 3.25. The summed E-state index contributed by atoms with van der Waals surface area (Å²) in [4.78, 5) is 11.2. The van der Waals surface area contributed by atoms with E-state index in [0.29, 0.717) is 12.1 Å². The molecular formula is C20H26N4O2. The molecule has 1 aromatic carbocycles. The number of benzene rings is 1. The Labute approximate surface area is 154 Å². The number of aryl methyl sites for hydroxylation is 1. The molecule has 0 spiro atoms. The molecule has 2 aromatic rings. The highest BCUT2D eigenvalue weighted by molar-refractivity contribution is 5.28. The molecular weight excluding hydrogens is 328 g/mol. The fourth-order valence-corrected chi connectivity index (χ4v) is 3.40. The van der Waals surface area contributed by atoms with Crippen LogP contribution in [0, 0.1) is 6.92 Å². The Bertz CT molecular complexity index is 710. The molecule has 138 valence electrons. The lowest BCUT2D eigenvalue weighted by Gasteiger charge is -2.38. The zero-order valence-corrected chi connectivity index (χ0v) is 15.2. The number of anilines is 1. The first-order chi connectivity index (χ1) is 12.7. The molecule has 6 heteroatoms. The lowest BCUT2D eigenvalue weighted by Crippen LogP contribution is -2.53. The molecule has 1 aromatic heterocycles. The van der Waals surface area contributed by atoms with Crippen LogP contribution in [0.25, 0.3) is 0 Å². The fraction of sp³-hybridized carbons (Fsp3) is 0.500. The summed E-state index contributed by atoms with van der Waals surface area (Å²) >= 11 is 0. The number of nitrogens with zero attached hydrogens (tertiary/aromatic N) is 3. The molecule has 3 heterocycles. The van der Waals surface area contributed by atoms with Crippen LogP contribution in [0.4, 0.5) is 5.95 Å². The molecule has 0 saturated carbocycles. The van der Waals surface area contributed by atoms with Gasteiger partial charge in [-0.1, -0.05) is 12.1 Å². The minimum absolute atomic E-state index is 0.269. The summed E-state index contributed by atoms with van der Waals surface area (Å²) in [5.74, 6) is 1.63. The van der Waals surface area contributed by atoms with Crippen molar-refractivity contribution in [1.82, 2.24) is 14.9 Å². The van der Waals surface area contributed by atoms with Gasteiger partial charge in [0.05, 0.1) is 6.10 Å². The monoisotopic (exact) mass is 354 g/mol. The maximum atomic E-state index is 6.00. The van der Waals surface area contributed by atoms with Gasteiger partial charge in [-0.25, -0.2) is 9.97 Å². The number of likely N-dealkylation sites (tertiary alicyclic amines) is 1. The van der Waals surface area contributed by atoms with Crippen molar-refractivity contribution < 1.29 is 9.47 Å². The zero-order chi connectivity index (χ0) is 17.8. The normalized spacial score (nSPS) is 20.7. The average Bonchev–Trinajstić information content (AvgIpc) is 3.13. The third kappa shape index (κ3) is 4.51. The zero-order valence-electron chi connectivity index (χ0n) is 15.2. The van der Waals surface area contributed by atoms with Gasteiger partial charge in [0, 0.05) is 50.7 Å². The molecule has 2 saturated heterocycles. The van der Waals surface area contributed by atoms with E-state index in [-0.39, 0.29) is 6.10 Å². The lowest BCUT2D eigenvalue weighted by molar-refractivity contribution is 0.0144. The Balaban J connectivity index is 1.19. The molecule has 2 aliphatic heterocycles. The Kier molecular flexibility index (Phi) is 5.32. The van der Waals surface area contributed by atoms with Crippen molar-refractivity contribution in [3.8, 4) is 5.75 Å². The Hall–Kier alpha value is -2.18. The maximum absolute atomic E-state index is 6.00. The van der Waals surface area contributed by atoms with E-state index in [9.17, 15) is 0 Å². The van der Waals surface area contributed by atoms with Gasteiger partial charge in [0.15, 0.2) is 0 Å². The second kappa shape index (κ2) is 8.01. The van der Waals surface area contributed by atoms with Gasteiger partial charge in [0.25, 0.3) is 0 Å². The first-order valence-electron chi connectivity index (χ1n) is 9.37. The summed E-state index contributed by atoms with van der Waals surface area (Å²) in [5.41, 5.74) is 2.35. The highest BCUT2D eigenvalue weighted by atomic mass is 16.5. The van der Waals surface area contributed by atoms with Crippen LogP contribution in [0.5, 0.6) is 5.75 Å². The van der Waals surface area contributed by atoms with E-state index >= 15 is 0 Å². The molecule has 1 N–H and O–H groups in total. The number of aromatic nitrogens is 2. The van der Waals surface area contributed by atoms with E-state index in [2.05, 4.69) is 39.2 Å². The molecule has 0 aliphatic carbocycles. The van der Waals surface area contributed by atoms with Crippen LogP contribution in [0.15, 0.2) is 36.7 Å². The number of hydrogen-bond donors (Lipinski definition) is 1. The predicted octanol–water partition coefficient (Wildman–Crippen LogP) is 2.64. The van der Waals surface area contributed by atoms with Crippen molar-refractivity contribution in [1.29, 1.82) is 0 Å². The number of nitrogens with one attached hydrogen (secondary N) is 1. The first kappa shape index (κ1) is 17.2. The number of hydrogen-bond acceptors (Lipinski definition) is 6. The van der Waals surface area contributed by atoms with Gasteiger partial charge < -0.3 is 14.8 Å². The highest BCUT2D eigenvalue weighted by Crippen LogP contribution is 2.20. The van der Waals surface area contributed by atoms with Crippen molar-refractivity contribution in [2.24, 2.45) is 0 Å². The summed E-state index contributed by atoms with van der Waals surface area (Å²) in [6.07, 6.45) is 6.64. The van der Waals surface area contributed by atoms with E-state index in [0.717, 1.165) is 56.9 Å². The second-order valence-electron chi connectivity index (χ2n) is 7.18. The molecule has 0 radical (unpaired) electrons. The molecule has 4 rings (SSSR count). The maximum Gasteiger partial charge on any atom is 0.222 e. The quantitative estimate of drug-likeness (QED) is 0.825. The number of rotatable bonds is 7. The molecule has 6 nitrogen and oxygen atoms in total. The van der Waals surface area contributed by atoms with Crippen LogP contribution in [-0.4, -0.2) is 53.3 Å². The topological polar surface area (TPSA) is 59.5 Å². The summed E-state index contributed by atoms with van der Waals surface area (Å²) < 4.78 is 11.6. The highest BCUT2D eigenvalue weighted by Gasteiger charge is 2.28. The van der Waals surface area contributed by atoms with E-state index in [4.69, 9.17) is 9.47 Å². The summed E-state index contributed by atoms with van der Waals surface area (Å²) in [6, 6.07) is 8.22. The standard InChI is InChI=1S/C20H26N4O2/c1-15-4-2-5-17(8-15)26-19-13-24(14-19)12-16-9-21-20(22-10-16)23-11-18-6-3-7-25-18/h2,4-5,8-10,18-19H,3,6-7,11-14H2,1H3,(H,21,22,23)/t18-/m0/s1. The Morgan fingerprint density at radius 2 is 2.12 bits per heavy atom. The third-order valence-electron chi connectivity index (χ3n) is 4.84. The molecule has 0 unspecified atom stereocenters. The van der Waals surface area contributed by atoms with Crippen molar-refractivity contribution in [2.45, 2.75) is 38.5 Å². The summed E-state index contributed by atoms with van der Waals surface area (Å²) in [6.45, 7) is 6.47. The van der Waals surface area contributed by atoms with Crippen LogP contribution in [-0.2, 0) is 11.3 Å². The average molecular weight is 354 g/mol. The van der Waals surface area contributed by atoms with Crippen LogP contribution < -0.4 is 10.1 Å². The van der Waals surface area contributed by atoms with Crippen LogP contribution in [0.3, 0.4) is 0 Å². The SMILES string of the molecule is Cc1cccc(OC2CN(Cc3cnc(NC[C@@H]4CCCO4)nc3)C2)c1. The van der Waals surface area contributed by atoms with E-state index in [1.165, 1.54) is 5.56 Å². The summed E-state index contributed by atoms with van der Waals surface area (Å²) in [7, 11) is 0. The Morgan fingerprint density at radius 3 is 2.85 bits per heavy atom.